The van der Waals surface area contributed by atoms with E-state index in [9.17, 15) is 4.79 Å². The standard InChI is InChI=1S/C19H17N3O2.ClH/c23-18(12-3-4-13-9-20-10-14(13)7-12)21-15-5-6-17-16(8-15)22-19(24-17)11-1-2-11;/h3-8,11,20H,1-2,9-10H2,(H,21,23);1H. The van der Waals surface area contributed by atoms with Gasteiger partial charge in [0.05, 0.1) is 0 Å². The first-order valence-electron chi connectivity index (χ1n) is 8.31. The van der Waals surface area contributed by atoms with E-state index in [1.54, 1.807) is 0 Å². The van der Waals surface area contributed by atoms with Crippen LogP contribution in [0.15, 0.2) is 40.8 Å². The van der Waals surface area contributed by atoms with Crippen molar-refractivity contribution in [2.24, 2.45) is 0 Å². The number of nitrogens with one attached hydrogen (secondary N) is 2. The summed E-state index contributed by atoms with van der Waals surface area (Å²) in [4.78, 5) is 17.0. The van der Waals surface area contributed by atoms with Gasteiger partial charge in [0.25, 0.3) is 5.91 Å². The first-order chi connectivity index (χ1) is 11.8. The Hall–Kier alpha value is -2.37. The average Bonchev–Trinajstić information content (AvgIpc) is 3.18. The molecule has 5 rings (SSSR count). The minimum absolute atomic E-state index is 0. The van der Waals surface area contributed by atoms with Gasteiger partial charge in [0.15, 0.2) is 11.5 Å². The summed E-state index contributed by atoms with van der Waals surface area (Å²) in [6, 6.07) is 11.5. The zero-order valence-electron chi connectivity index (χ0n) is 13.5. The van der Waals surface area contributed by atoms with Crippen LogP contribution in [0.2, 0.25) is 0 Å². The topological polar surface area (TPSA) is 67.2 Å². The lowest BCUT2D eigenvalue weighted by Gasteiger charge is -2.06. The Bertz CT molecular complexity index is 962. The number of carbonyl (C=O) groups excluding carboxylic acids is 1. The van der Waals surface area contributed by atoms with E-state index in [0.717, 1.165) is 48.6 Å². The van der Waals surface area contributed by atoms with Crippen LogP contribution in [0, 0.1) is 0 Å². The van der Waals surface area contributed by atoms with Crippen molar-refractivity contribution in [3.8, 4) is 0 Å². The maximum absolute atomic E-state index is 12.5. The largest absolute Gasteiger partial charge is 0.440 e. The maximum atomic E-state index is 12.5. The third-order valence-corrected chi connectivity index (χ3v) is 4.69. The monoisotopic (exact) mass is 355 g/mol. The number of hydrogen-bond acceptors (Lipinski definition) is 4. The highest BCUT2D eigenvalue weighted by Crippen LogP contribution is 2.40. The van der Waals surface area contributed by atoms with E-state index < -0.39 is 0 Å². The van der Waals surface area contributed by atoms with Crippen LogP contribution in [0.3, 0.4) is 0 Å². The lowest BCUT2D eigenvalue weighted by Crippen LogP contribution is -2.12. The summed E-state index contributed by atoms with van der Waals surface area (Å²) >= 11 is 0. The van der Waals surface area contributed by atoms with Crippen molar-refractivity contribution >= 4 is 35.1 Å². The summed E-state index contributed by atoms with van der Waals surface area (Å²) < 4.78 is 5.76. The molecule has 2 aromatic carbocycles. The van der Waals surface area contributed by atoms with Crippen LogP contribution in [0.4, 0.5) is 5.69 Å². The molecule has 2 N–H and O–H groups in total. The molecule has 2 aliphatic rings. The van der Waals surface area contributed by atoms with E-state index in [-0.39, 0.29) is 18.3 Å². The van der Waals surface area contributed by atoms with E-state index in [0.29, 0.717) is 11.5 Å². The van der Waals surface area contributed by atoms with Crippen LogP contribution in [0.1, 0.15) is 46.1 Å². The first kappa shape index (κ1) is 16.1. The molecule has 1 saturated carbocycles. The Morgan fingerprint density at radius 3 is 2.80 bits per heavy atom. The minimum Gasteiger partial charge on any atom is -0.440 e. The highest BCUT2D eigenvalue weighted by Gasteiger charge is 2.28. The van der Waals surface area contributed by atoms with Crippen LogP contribution in [0.25, 0.3) is 11.1 Å². The Balaban J connectivity index is 0.00000157. The lowest BCUT2D eigenvalue weighted by atomic mass is 10.1. The summed E-state index contributed by atoms with van der Waals surface area (Å²) in [7, 11) is 0. The van der Waals surface area contributed by atoms with E-state index in [1.807, 2.05) is 36.4 Å². The van der Waals surface area contributed by atoms with Crippen molar-refractivity contribution in [1.82, 2.24) is 10.3 Å². The maximum Gasteiger partial charge on any atom is 0.255 e. The molecular weight excluding hydrogens is 338 g/mol. The summed E-state index contributed by atoms with van der Waals surface area (Å²) in [5.41, 5.74) is 5.45. The van der Waals surface area contributed by atoms with Crippen LogP contribution in [-0.2, 0) is 13.1 Å². The number of amides is 1. The fourth-order valence-electron chi connectivity index (χ4n) is 3.17. The molecule has 0 unspecified atom stereocenters. The molecule has 6 heteroatoms. The second kappa shape index (κ2) is 6.17. The third-order valence-electron chi connectivity index (χ3n) is 4.69. The second-order valence-electron chi connectivity index (χ2n) is 6.55. The number of hydrogen-bond donors (Lipinski definition) is 2. The molecule has 0 radical (unpaired) electrons. The second-order valence-corrected chi connectivity index (χ2v) is 6.55. The number of carbonyl (C=O) groups is 1. The molecule has 0 spiro atoms. The zero-order chi connectivity index (χ0) is 16.1. The number of halogens is 1. The van der Waals surface area contributed by atoms with Gasteiger partial charge in [-0.05, 0) is 54.3 Å². The molecule has 0 atom stereocenters. The van der Waals surface area contributed by atoms with Gasteiger partial charge in [-0.3, -0.25) is 4.79 Å². The Morgan fingerprint density at radius 2 is 1.96 bits per heavy atom. The molecule has 0 saturated heterocycles. The molecule has 1 fully saturated rings. The number of oxazole rings is 1. The van der Waals surface area contributed by atoms with Gasteiger partial charge in [-0.1, -0.05) is 6.07 Å². The zero-order valence-corrected chi connectivity index (χ0v) is 14.4. The SMILES string of the molecule is Cl.O=C(Nc1ccc2oc(C3CC3)nc2c1)c1ccc2c(c1)CNC2. The Labute approximate surface area is 151 Å². The summed E-state index contributed by atoms with van der Waals surface area (Å²) in [6.07, 6.45) is 2.31. The van der Waals surface area contributed by atoms with E-state index in [1.165, 1.54) is 11.1 Å². The summed E-state index contributed by atoms with van der Waals surface area (Å²) in [5, 5.41) is 6.24. The van der Waals surface area contributed by atoms with E-state index >= 15 is 0 Å². The molecule has 25 heavy (non-hydrogen) atoms. The predicted molar refractivity (Wildman–Crippen MR) is 98.2 cm³/mol. The van der Waals surface area contributed by atoms with Crippen LogP contribution in [0.5, 0.6) is 0 Å². The number of aromatic nitrogens is 1. The van der Waals surface area contributed by atoms with Gasteiger partial charge in [-0.15, -0.1) is 12.4 Å². The van der Waals surface area contributed by atoms with Crippen molar-refractivity contribution in [2.45, 2.75) is 31.8 Å². The van der Waals surface area contributed by atoms with Crippen molar-refractivity contribution < 1.29 is 9.21 Å². The highest BCUT2D eigenvalue weighted by atomic mass is 35.5. The van der Waals surface area contributed by atoms with Crippen molar-refractivity contribution in [3.05, 3.63) is 59.0 Å². The van der Waals surface area contributed by atoms with Crippen molar-refractivity contribution in [2.75, 3.05) is 5.32 Å². The van der Waals surface area contributed by atoms with E-state index in [4.69, 9.17) is 4.42 Å². The fraction of sp³-hybridized carbons (Fsp3) is 0.263. The number of fused-ring (bicyclic) bond motifs is 2. The van der Waals surface area contributed by atoms with Gasteiger partial charge < -0.3 is 15.1 Å². The van der Waals surface area contributed by atoms with Gasteiger partial charge >= 0.3 is 0 Å². The van der Waals surface area contributed by atoms with Gasteiger partial charge in [-0.2, -0.15) is 0 Å². The quantitative estimate of drug-likeness (QED) is 0.745. The molecular formula is C19H18ClN3O2. The van der Waals surface area contributed by atoms with Gasteiger partial charge in [0, 0.05) is 30.3 Å². The predicted octanol–water partition coefficient (Wildman–Crippen LogP) is 3.98. The number of rotatable bonds is 3. The molecule has 0 bridgehead atoms. The molecule has 1 amide bonds. The van der Waals surface area contributed by atoms with Crippen molar-refractivity contribution in [1.29, 1.82) is 0 Å². The van der Waals surface area contributed by atoms with Gasteiger partial charge in [0.1, 0.15) is 5.52 Å². The Kier molecular flexibility index (Phi) is 3.98. The molecule has 1 aliphatic carbocycles. The number of benzene rings is 2. The lowest BCUT2D eigenvalue weighted by molar-refractivity contribution is 0.102. The molecule has 128 valence electrons. The van der Waals surface area contributed by atoms with Crippen LogP contribution in [-0.4, -0.2) is 10.9 Å². The van der Waals surface area contributed by atoms with E-state index in [2.05, 4.69) is 15.6 Å². The first-order valence-corrected chi connectivity index (χ1v) is 8.31. The summed E-state index contributed by atoms with van der Waals surface area (Å²) in [6.45, 7) is 1.70. The molecule has 1 aromatic heterocycles. The molecule has 5 nitrogen and oxygen atoms in total. The summed E-state index contributed by atoms with van der Waals surface area (Å²) in [5.74, 6) is 1.20. The smallest absolute Gasteiger partial charge is 0.255 e. The van der Waals surface area contributed by atoms with Gasteiger partial charge in [0.2, 0.25) is 0 Å². The average molecular weight is 356 g/mol. The molecule has 3 aromatic rings. The fourth-order valence-corrected chi connectivity index (χ4v) is 3.17. The highest BCUT2D eigenvalue weighted by molar-refractivity contribution is 6.05. The van der Waals surface area contributed by atoms with Gasteiger partial charge in [-0.25, -0.2) is 4.98 Å². The minimum atomic E-state index is -0.102. The van der Waals surface area contributed by atoms with Crippen LogP contribution < -0.4 is 10.6 Å². The normalized spacial score (nSPS) is 15.7. The van der Waals surface area contributed by atoms with Crippen LogP contribution >= 0.6 is 12.4 Å². The number of anilines is 1. The Morgan fingerprint density at radius 1 is 1.12 bits per heavy atom. The van der Waals surface area contributed by atoms with Crippen molar-refractivity contribution in [3.63, 3.8) is 0 Å². The molecule has 1 aliphatic heterocycles. The molecule has 2 heterocycles. The third kappa shape index (κ3) is 3.01. The number of nitrogens with zero attached hydrogens (tertiary/aromatic N) is 1.